The molecular formula is C7H4BN3O2. The Morgan fingerprint density at radius 1 is 1.46 bits per heavy atom. The number of fused-ring (bicyclic) bond motifs is 1. The summed E-state index contributed by atoms with van der Waals surface area (Å²) in [7, 11) is 5.21. The van der Waals surface area contributed by atoms with E-state index in [-0.39, 0.29) is 16.8 Å². The highest BCUT2D eigenvalue weighted by Gasteiger charge is 2.09. The molecule has 0 N–H and O–H groups in total. The Kier molecular flexibility index (Phi) is 1.55. The smallest absolute Gasteiger partial charge is 0.318 e. The number of benzene rings is 1. The van der Waals surface area contributed by atoms with Crippen LogP contribution in [0.15, 0.2) is 24.3 Å². The zero-order chi connectivity index (χ0) is 9.42. The summed E-state index contributed by atoms with van der Waals surface area (Å²) in [6, 6.07) is 6.31. The SMILES string of the molecule is [B]c1n[n+](=O)c2ccccc2n1[O-]. The average molecular weight is 173 g/mol. The Labute approximate surface area is 74.2 Å². The van der Waals surface area contributed by atoms with Crippen LogP contribution in [0.4, 0.5) is 0 Å². The van der Waals surface area contributed by atoms with Crippen LogP contribution in [0.5, 0.6) is 0 Å². The van der Waals surface area contributed by atoms with Crippen LogP contribution < -0.4 is 10.3 Å². The van der Waals surface area contributed by atoms with Crippen LogP contribution >= 0.6 is 0 Å². The predicted octanol–water partition coefficient (Wildman–Crippen LogP) is -0.910. The van der Waals surface area contributed by atoms with Gasteiger partial charge < -0.3 is 9.94 Å². The van der Waals surface area contributed by atoms with Crippen molar-refractivity contribution in [2.75, 3.05) is 0 Å². The van der Waals surface area contributed by atoms with E-state index in [4.69, 9.17) is 7.85 Å². The van der Waals surface area contributed by atoms with Gasteiger partial charge in [-0.25, -0.2) is 0 Å². The fraction of sp³-hybridized carbons (Fsp3) is 0. The summed E-state index contributed by atoms with van der Waals surface area (Å²) in [6.45, 7) is 0. The first-order chi connectivity index (χ1) is 6.20. The highest BCUT2D eigenvalue weighted by atomic mass is 16.5. The molecule has 0 amide bonds. The molecule has 1 heterocycles. The third-order valence-corrected chi connectivity index (χ3v) is 1.71. The summed E-state index contributed by atoms with van der Waals surface area (Å²) in [4.78, 5) is 11.1. The Morgan fingerprint density at radius 2 is 2.15 bits per heavy atom. The standard InChI is InChI=1S/C7H4BN3O2/c8-7-9-11(13)6-4-2-1-3-5(6)10(7)12/h1-4H. The van der Waals surface area contributed by atoms with Gasteiger partial charge in [-0.2, -0.15) is 0 Å². The molecule has 0 aliphatic heterocycles. The molecule has 2 aromatic rings. The maximum absolute atomic E-state index is 11.3. The monoisotopic (exact) mass is 173 g/mol. The zero-order valence-corrected chi connectivity index (χ0v) is 6.54. The van der Waals surface area contributed by atoms with Crippen LogP contribution in [-0.2, 0) is 0 Å². The number of aromatic nitrogens is 3. The van der Waals surface area contributed by atoms with Gasteiger partial charge in [0.05, 0.1) is 10.0 Å². The van der Waals surface area contributed by atoms with Crippen molar-refractivity contribution < 1.29 is 4.54 Å². The summed E-state index contributed by atoms with van der Waals surface area (Å²) in [6.07, 6.45) is 0. The van der Waals surface area contributed by atoms with E-state index in [0.29, 0.717) is 9.27 Å². The quantitative estimate of drug-likeness (QED) is 0.382. The van der Waals surface area contributed by atoms with E-state index in [0.717, 1.165) is 0 Å². The van der Waals surface area contributed by atoms with Crippen molar-refractivity contribution in [2.24, 2.45) is 0 Å². The molecule has 1 aromatic carbocycles. The maximum Gasteiger partial charge on any atom is 0.318 e. The summed E-state index contributed by atoms with van der Waals surface area (Å²) in [5.41, 5.74) is 0.0606. The number of rotatable bonds is 0. The second-order valence-corrected chi connectivity index (χ2v) is 2.51. The minimum absolute atomic E-state index is 0.201. The Bertz CT molecular complexity index is 523. The average Bonchev–Trinajstić information content (AvgIpc) is 2.15. The molecule has 2 rings (SSSR count). The summed E-state index contributed by atoms with van der Waals surface area (Å²) in [5, 5.41) is 14.5. The van der Waals surface area contributed by atoms with Gasteiger partial charge in [0, 0.05) is 6.07 Å². The molecule has 1 aromatic heterocycles. The van der Waals surface area contributed by atoms with Gasteiger partial charge in [0.2, 0.25) is 0 Å². The first kappa shape index (κ1) is 7.79. The van der Waals surface area contributed by atoms with Crippen molar-refractivity contribution in [3.63, 3.8) is 0 Å². The molecule has 0 unspecified atom stereocenters. The molecule has 0 aliphatic carbocycles. The van der Waals surface area contributed by atoms with Crippen LogP contribution in [0.2, 0.25) is 0 Å². The minimum atomic E-state index is -0.353. The largest absolute Gasteiger partial charge is 0.805 e. The van der Waals surface area contributed by atoms with E-state index < -0.39 is 0 Å². The molecule has 0 saturated heterocycles. The lowest BCUT2D eigenvalue weighted by Gasteiger charge is -2.12. The zero-order valence-electron chi connectivity index (χ0n) is 6.54. The van der Waals surface area contributed by atoms with Gasteiger partial charge in [-0.05, 0) is 6.07 Å². The summed E-state index contributed by atoms with van der Waals surface area (Å²) < 4.78 is 0.753. The molecule has 0 aliphatic rings. The summed E-state index contributed by atoms with van der Waals surface area (Å²) >= 11 is 0. The van der Waals surface area contributed by atoms with Crippen molar-refractivity contribution in [3.8, 4) is 0 Å². The van der Waals surface area contributed by atoms with E-state index in [2.05, 4.69) is 5.10 Å². The molecule has 5 nitrogen and oxygen atoms in total. The van der Waals surface area contributed by atoms with Crippen molar-refractivity contribution in [1.29, 1.82) is 0 Å². The fourth-order valence-electron chi connectivity index (χ4n) is 1.11. The van der Waals surface area contributed by atoms with Crippen molar-refractivity contribution in [2.45, 2.75) is 0 Å². The number of hydrogen-bond acceptors (Lipinski definition) is 3. The Hall–Kier alpha value is -1.85. The fourth-order valence-corrected chi connectivity index (χ4v) is 1.11. The van der Waals surface area contributed by atoms with Gasteiger partial charge in [-0.1, -0.05) is 12.1 Å². The van der Waals surface area contributed by atoms with Gasteiger partial charge >= 0.3 is 5.52 Å². The highest BCUT2D eigenvalue weighted by molar-refractivity contribution is 6.29. The maximum atomic E-state index is 11.3. The molecule has 0 spiro atoms. The van der Waals surface area contributed by atoms with E-state index in [1.807, 2.05) is 0 Å². The lowest BCUT2D eigenvalue weighted by atomic mass is 10.1. The first-order valence-electron chi connectivity index (χ1n) is 3.58. The molecule has 62 valence electrons. The van der Waals surface area contributed by atoms with E-state index >= 15 is 0 Å². The van der Waals surface area contributed by atoms with Gasteiger partial charge in [0.25, 0.3) is 0 Å². The second-order valence-electron chi connectivity index (χ2n) is 2.51. The molecule has 2 radical (unpaired) electrons. The third-order valence-electron chi connectivity index (χ3n) is 1.71. The lowest BCUT2D eigenvalue weighted by Crippen LogP contribution is -2.35. The molecule has 0 bridgehead atoms. The van der Waals surface area contributed by atoms with Gasteiger partial charge in [0.1, 0.15) is 11.2 Å². The molecule has 6 heteroatoms. The second kappa shape index (κ2) is 2.58. The van der Waals surface area contributed by atoms with Crippen molar-refractivity contribution in [3.05, 3.63) is 34.4 Å². The number of para-hydroxylation sites is 2. The molecule has 0 fully saturated rings. The van der Waals surface area contributed by atoms with E-state index in [9.17, 15) is 10.1 Å². The van der Waals surface area contributed by atoms with Crippen molar-refractivity contribution >= 4 is 24.6 Å². The predicted molar refractivity (Wildman–Crippen MR) is 47.3 cm³/mol. The van der Waals surface area contributed by atoms with Crippen LogP contribution in [0.3, 0.4) is 0 Å². The molecule has 0 atom stereocenters. The first-order valence-corrected chi connectivity index (χ1v) is 3.58. The Balaban J connectivity index is 3.06. The third kappa shape index (κ3) is 1.07. The highest BCUT2D eigenvalue weighted by Crippen LogP contribution is 2.04. The summed E-state index contributed by atoms with van der Waals surface area (Å²) in [5.74, 6) is 0. The number of nitrogens with zero attached hydrogens (tertiary/aromatic N) is 3. The lowest BCUT2D eigenvalue weighted by molar-refractivity contribution is -0.534. The molecular weight excluding hydrogens is 169 g/mol. The van der Waals surface area contributed by atoms with Gasteiger partial charge in [-0.3, -0.25) is 0 Å². The molecule has 0 saturated carbocycles. The van der Waals surface area contributed by atoms with E-state index in [1.165, 1.54) is 12.1 Å². The number of hydrogen-bond donors (Lipinski definition) is 0. The van der Waals surface area contributed by atoms with Gasteiger partial charge in [-0.15, -0.1) is 0 Å². The van der Waals surface area contributed by atoms with Crippen LogP contribution in [-0.4, -0.2) is 17.7 Å². The minimum Gasteiger partial charge on any atom is -0.805 e. The molecule has 13 heavy (non-hydrogen) atoms. The normalized spacial score (nSPS) is 10.5. The van der Waals surface area contributed by atoms with Crippen molar-refractivity contribution in [1.82, 2.24) is 9.83 Å². The van der Waals surface area contributed by atoms with E-state index in [1.54, 1.807) is 12.1 Å². The Morgan fingerprint density at radius 3 is 2.92 bits per heavy atom. The van der Waals surface area contributed by atoms with Gasteiger partial charge in [0.15, 0.2) is 12.4 Å². The topological polar surface area (TPSA) is 63.8 Å². The van der Waals surface area contributed by atoms with Crippen LogP contribution in [0.25, 0.3) is 11.0 Å². The van der Waals surface area contributed by atoms with Crippen LogP contribution in [0, 0.1) is 10.1 Å². The van der Waals surface area contributed by atoms with Crippen LogP contribution in [0.1, 0.15) is 0 Å².